The molecule has 0 bridgehead atoms. The van der Waals surface area contributed by atoms with Crippen molar-refractivity contribution in [1.82, 2.24) is 0 Å². The molecule has 8 nitrogen and oxygen atoms in total. The molecular formula is C43H56O8. The van der Waals surface area contributed by atoms with Crippen LogP contribution in [0.15, 0.2) is 97.2 Å². The van der Waals surface area contributed by atoms with Gasteiger partial charge >= 0.3 is 11.9 Å². The number of aliphatic hydroxyl groups is 2. The fourth-order valence-corrected chi connectivity index (χ4v) is 5.33. The third-order valence-corrected chi connectivity index (χ3v) is 7.33. The van der Waals surface area contributed by atoms with Crippen molar-refractivity contribution in [3.63, 3.8) is 0 Å². The number of hydrogen-bond donors (Lipinski definition) is 2. The molecule has 2 aromatic rings. The number of rotatable bonds is 22. The summed E-state index contributed by atoms with van der Waals surface area (Å²) in [5, 5.41) is 21.1. The van der Waals surface area contributed by atoms with Gasteiger partial charge in [-0.25, -0.2) is 9.59 Å². The molecule has 0 amide bonds. The molecule has 2 atom stereocenters. The Morgan fingerprint density at radius 3 is 1.04 bits per heavy atom. The van der Waals surface area contributed by atoms with E-state index in [2.05, 4.69) is 63.7 Å². The van der Waals surface area contributed by atoms with Gasteiger partial charge in [0.1, 0.15) is 50.1 Å². The van der Waals surface area contributed by atoms with Crippen molar-refractivity contribution in [2.24, 2.45) is 0 Å². The van der Waals surface area contributed by atoms with Crippen LogP contribution in [0.1, 0.15) is 74.9 Å². The molecule has 0 aliphatic heterocycles. The van der Waals surface area contributed by atoms with E-state index >= 15 is 0 Å². The minimum Gasteiger partial charge on any atom is -0.490 e. The molecular weight excluding hydrogens is 644 g/mol. The fraction of sp³-hybridized carbons (Fsp3) is 0.395. The summed E-state index contributed by atoms with van der Waals surface area (Å²) in [6, 6.07) is 8.40. The zero-order chi connectivity index (χ0) is 38.4. The SMILES string of the molecule is C=C(C)Cc1cc(Cc2cc(CC(=C)C)c(OCC(O)COC(=O)C(=C)C)c(CC(=C)C)c2)cc(CC(=C)C)c1OCC(O)COC(=O)C(=C)C. The first-order valence-electron chi connectivity index (χ1n) is 17.0. The van der Waals surface area contributed by atoms with Gasteiger partial charge < -0.3 is 29.2 Å². The van der Waals surface area contributed by atoms with E-state index < -0.39 is 24.1 Å². The molecule has 8 heteroatoms. The highest BCUT2D eigenvalue weighted by Gasteiger charge is 2.20. The van der Waals surface area contributed by atoms with Gasteiger partial charge in [-0.2, -0.15) is 0 Å². The van der Waals surface area contributed by atoms with E-state index in [4.69, 9.17) is 18.9 Å². The molecule has 2 N–H and O–H groups in total. The van der Waals surface area contributed by atoms with Gasteiger partial charge in [0.05, 0.1) is 0 Å². The molecule has 0 aromatic heterocycles. The lowest BCUT2D eigenvalue weighted by molar-refractivity contribution is -0.143. The molecule has 2 aromatic carbocycles. The summed E-state index contributed by atoms with van der Waals surface area (Å²) in [4.78, 5) is 23.6. The molecule has 0 heterocycles. The molecule has 0 saturated carbocycles. The molecule has 51 heavy (non-hydrogen) atoms. The quantitative estimate of drug-likeness (QED) is 0.0740. The van der Waals surface area contributed by atoms with Gasteiger partial charge in [-0.3, -0.25) is 0 Å². The third kappa shape index (κ3) is 15.0. The number of ether oxygens (including phenoxy) is 4. The number of aliphatic hydroxyl groups excluding tert-OH is 2. The number of benzene rings is 2. The topological polar surface area (TPSA) is 112 Å². The van der Waals surface area contributed by atoms with Crippen molar-refractivity contribution in [2.75, 3.05) is 26.4 Å². The smallest absolute Gasteiger partial charge is 0.333 e. The van der Waals surface area contributed by atoms with Crippen molar-refractivity contribution < 1.29 is 38.7 Å². The molecule has 0 aliphatic carbocycles. The molecule has 276 valence electrons. The van der Waals surface area contributed by atoms with Gasteiger partial charge in [0, 0.05) is 11.1 Å². The Morgan fingerprint density at radius 2 is 0.804 bits per heavy atom. The molecule has 0 radical (unpaired) electrons. The maximum absolute atomic E-state index is 11.8. The summed E-state index contributed by atoms with van der Waals surface area (Å²) in [6.45, 7) is 34.0. The summed E-state index contributed by atoms with van der Waals surface area (Å²) >= 11 is 0. The van der Waals surface area contributed by atoms with Gasteiger partial charge in [0.2, 0.25) is 0 Å². The Bertz CT molecular complexity index is 1460. The zero-order valence-corrected chi connectivity index (χ0v) is 31.4. The molecule has 0 saturated heterocycles. The Labute approximate surface area is 304 Å². The average molecular weight is 701 g/mol. The van der Waals surface area contributed by atoms with Gasteiger partial charge in [-0.05, 0) is 107 Å². The van der Waals surface area contributed by atoms with Crippen LogP contribution in [-0.4, -0.2) is 60.8 Å². The lowest BCUT2D eigenvalue weighted by Gasteiger charge is -2.22. The lowest BCUT2D eigenvalue weighted by Crippen LogP contribution is -2.26. The number of esters is 2. The summed E-state index contributed by atoms with van der Waals surface area (Å²) in [5.41, 5.74) is 10.1. The van der Waals surface area contributed by atoms with Gasteiger partial charge in [-0.15, -0.1) is 0 Å². The normalized spacial score (nSPS) is 11.9. The fourth-order valence-electron chi connectivity index (χ4n) is 5.33. The third-order valence-electron chi connectivity index (χ3n) is 7.33. The lowest BCUT2D eigenvalue weighted by atomic mass is 9.90. The monoisotopic (exact) mass is 700 g/mol. The first kappa shape index (κ1) is 42.5. The van der Waals surface area contributed by atoms with E-state index in [0.717, 1.165) is 55.7 Å². The molecule has 0 fully saturated rings. The van der Waals surface area contributed by atoms with E-state index in [9.17, 15) is 19.8 Å². The Morgan fingerprint density at radius 1 is 0.529 bits per heavy atom. The predicted octanol–water partition coefficient (Wildman–Crippen LogP) is 7.47. The van der Waals surface area contributed by atoms with Crippen molar-refractivity contribution in [1.29, 1.82) is 0 Å². The second-order valence-corrected chi connectivity index (χ2v) is 13.9. The van der Waals surface area contributed by atoms with Gasteiger partial charge in [-0.1, -0.05) is 86.0 Å². The molecule has 0 spiro atoms. The first-order chi connectivity index (χ1) is 23.9. The van der Waals surface area contributed by atoms with Crippen LogP contribution in [0.2, 0.25) is 0 Å². The van der Waals surface area contributed by atoms with Crippen LogP contribution in [0.3, 0.4) is 0 Å². The van der Waals surface area contributed by atoms with Crippen molar-refractivity contribution in [3.05, 3.63) is 131 Å². The second-order valence-electron chi connectivity index (χ2n) is 13.9. The van der Waals surface area contributed by atoms with Gasteiger partial charge in [0.25, 0.3) is 0 Å². The highest BCUT2D eigenvalue weighted by molar-refractivity contribution is 5.87. The summed E-state index contributed by atoms with van der Waals surface area (Å²) in [7, 11) is 0. The number of hydrogen-bond acceptors (Lipinski definition) is 8. The molecule has 0 aliphatic rings. The molecule has 2 unspecified atom stereocenters. The van der Waals surface area contributed by atoms with Crippen LogP contribution in [0, 0.1) is 0 Å². The minimum atomic E-state index is -1.03. The van der Waals surface area contributed by atoms with Crippen LogP contribution in [-0.2, 0) is 51.2 Å². The maximum Gasteiger partial charge on any atom is 0.333 e. The van der Waals surface area contributed by atoms with Crippen molar-refractivity contribution in [3.8, 4) is 11.5 Å². The predicted molar refractivity (Wildman–Crippen MR) is 204 cm³/mol. The standard InChI is InChI=1S/C43H56O8/c1-26(2)13-34-18-32(19-35(14-27(3)4)40(34)48-22-38(44)24-50-42(46)30(9)10)17-33-20-36(15-28(5)6)41(37(21-33)16-29(7)8)49-23-39(45)25-51-43(47)31(11)12/h18-21,38-39,44-45H,1,3,5,7,9,11,13-17,22-25H2,2,4,6,8,10,12H3. The zero-order valence-electron chi connectivity index (χ0n) is 31.4. The first-order valence-corrected chi connectivity index (χ1v) is 17.0. The summed E-state index contributed by atoms with van der Waals surface area (Å²) < 4.78 is 22.7. The molecule has 2 rings (SSSR count). The Kier molecular flexibility index (Phi) is 16.9. The summed E-state index contributed by atoms with van der Waals surface area (Å²) in [6.07, 6.45) is 0.776. The number of carbonyl (C=O) groups is 2. The number of allylic oxidation sites excluding steroid dienone is 4. The van der Waals surface area contributed by atoms with Crippen LogP contribution < -0.4 is 9.47 Å². The maximum atomic E-state index is 11.8. The van der Waals surface area contributed by atoms with E-state index in [0.29, 0.717) is 43.6 Å². The highest BCUT2D eigenvalue weighted by Crippen LogP contribution is 2.34. The van der Waals surface area contributed by atoms with Crippen LogP contribution in [0.25, 0.3) is 0 Å². The second kappa shape index (κ2) is 20.3. The average Bonchev–Trinajstić information content (AvgIpc) is 3.00. The van der Waals surface area contributed by atoms with E-state index in [1.165, 1.54) is 0 Å². The van der Waals surface area contributed by atoms with E-state index in [-0.39, 0.29) is 37.6 Å². The Hall–Kier alpha value is -4.66. The van der Waals surface area contributed by atoms with Crippen LogP contribution in [0.5, 0.6) is 11.5 Å². The van der Waals surface area contributed by atoms with E-state index in [1.54, 1.807) is 13.8 Å². The largest absolute Gasteiger partial charge is 0.490 e. The van der Waals surface area contributed by atoms with Crippen molar-refractivity contribution >= 4 is 11.9 Å². The van der Waals surface area contributed by atoms with Crippen LogP contribution in [0.4, 0.5) is 0 Å². The van der Waals surface area contributed by atoms with E-state index in [1.807, 2.05) is 27.7 Å². The van der Waals surface area contributed by atoms with Crippen molar-refractivity contribution in [2.45, 2.75) is 85.9 Å². The Balaban J connectivity index is 2.53. The number of carbonyl (C=O) groups excluding carboxylic acids is 2. The minimum absolute atomic E-state index is 0.0732. The highest BCUT2D eigenvalue weighted by atomic mass is 16.6. The van der Waals surface area contributed by atoms with Crippen LogP contribution >= 0.6 is 0 Å². The summed E-state index contributed by atoms with van der Waals surface area (Å²) in [5.74, 6) is 0.163. The van der Waals surface area contributed by atoms with Gasteiger partial charge in [0.15, 0.2) is 0 Å².